The van der Waals surface area contributed by atoms with Crippen molar-refractivity contribution in [3.63, 3.8) is 0 Å². The SMILES string of the molecule is Cc1nnc(CNCC2(C)CCC2)n1C. The molecule has 1 aromatic heterocycles. The third-order valence-electron chi connectivity index (χ3n) is 3.58. The van der Waals surface area contributed by atoms with Gasteiger partial charge >= 0.3 is 0 Å². The quantitative estimate of drug-likeness (QED) is 0.813. The Labute approximate surface area is 91.1 Å². The molecule has 1 aliphatic rings. The lowest BCUT2D eigenvalue weighted by Crippen LogP contribution is -2.37. The maximum atomic E-state index is 4.13. The third kappa shape index (κ3) is 2.20. The van der Waals surface area contributed by atoms with Gasteiger partial charge in [0.2, 0.25) is 0 Å². The molecule has 1 aliphatic carbocycles. The van der Waals surface area contributed by atoms with Crippen molar-refractivity contribution >= 4 is 0 Å². The van der Waals surface area contributed by atoms with E-state index in [1.165, 1.54) is 19.3 Å². The van der Waals surface area contributed by atoms with Gasteiger partial charge in [0.1, 0.15) is 11.6 Å². The number of rotatable bonds is 4. The number of nitrogens with one attached hydrogen (secondary N) is 1. The molecule has 2 rings (SSSR count). The van der Waals surface area contributed by atoms with Gasteiger partial charge in [0, 0.05) is 13.6 Å². The van der Waals surface area contributed by atoms with Gasteiger partial charge in [-0.15, -0.1) is 10.2 Å². The molecule has 0 unspecified atom stereocenters. The van der Waals surface area contributed by atoms with E-state index in [1.807, 2.05) is 18.5 Å². The predicted molar refractivity (Wildman–Crippen MR) is 59.4 cm³/mol. The summed E-state index contributed by atoms with van der Waals surface area (Å²) in [5.41, 5.74) is 0.535. The molecule has 4 nitrogen and oxygen atoms in total. The monoisotopic (exact) mass is 208 g/mol. The van der Waals surface area contributed by atoms with Gasteiger partial charge in [-0.2, -0.15) is 0 Å². The van der Waals surface area contributed by atoms with Crippen molar-refractivity contribution in [1.82, 2.24) is 20.1 Å². The first-order chi connectivity index (χ1) is 7.11. The summed E-state index contributed by atoms with van der Waals surface area (Å²) in [6, 6.07) is 0. The zero-order chi connectivity index (χ0) is 10.9. The Kier molecular flexibility index (Phi) is 2.78. The zero-order valence-corrected chi connectivity index (χ0v) is 9.88. The molecule has 0 aromatic carbocycles. The summed E-state index contributed by atoms with van der Waals surface area (Å²) in [6.07, 6.45) is 4.11. The summed E-state index contributed by atoms with van der Waals surface area (Å²) < 4.78 is 2.04. The summed E-state index contributed by atoms with van der Waals surface area (Å²) >= 11 is 0. The zero-order valence-electron chi connectivity index (χ0n) is 9.88. The van der Waals surface area contributed by atoms with Crippen molar-refractivity contribution in [3.05, 3.63) is 11.6 Å². The summed E-state index contributed by atoms with van der Waals surface area (Å²) in [4.78, 5) is 0. The lowest BCUT2D eigenvalue weighted by atomic mass is 9.70. The lowest BCUT2D eigenvalue weighted by molar-refractivity contribution is 0.156. The Morgan fingerprint density at radius 2 is 2.13 bits per heavy atom. The third-order valence-corrected chi connectivity index (χ3v) is 3.58. The lowest BCUT2D eigenvalue weighted by Gasteiger charge is -2.38. The first-order valence-electron chi connectivity index (χ1n) is 5.66. The molecule has 1 N–H and O–H groups in total. The minimum absolute atomic E-state index is 0.535. The maximum absolute atomic E-state index is 4.13. The molecular formula is C11H20N4. The molecule has 0 bridgehead atoms. The molecule has 1 aromatic rings. The van der Waals surface area contributed by atoms with Gasteiger partial charge in [-0.3, -0.25) is 0 Å². The largest absolute Gasteiger partial charge is 0.317 e. The van der Waals surface area contributed by atoms with Crippen LogP contribution in [0.2, 0.25) is 0 Å². The Morgan fingerprint density at radius 1 is 1.40 bits per heavy atom. The van der Waals surface area contributed by atoms with Crippen LogP contribution in [-0.4, -0.2) is 21.3 Å². The summed E-state index contributed by atoms with van der Waals surface area (Å²) in [5, 5.41) is 11.6. The highest BCUT2D eigenvalue weighted by molar-refractivity contribution is 4.93. The van der Waals surface area contributed by atoms with E-state index in [1.54, 1.807) is 0 Å². The van der Waals surface area contributed by atoms with Crippen molar-refractivity contribution in [3.8, 4) is 0 Å². The van der Waals surface area contributed by atoms with Gasteiger partial charge in [0.15, 0.2) is 0 Å². The normalized spacial score (nSPS) is 18.9. The topological polar surface area (TPSA) is 42.7 Å². The first-order valence-corrected chi connectivity index (χ1v) is 5.66. The highest BCUT2D eigenvalue weighted by atomic mass is 15.3. The van der Waals surface area contributed by atoms with Crippen LogP contribution in [0, 0.1) is 12.3 Å². The fraction of sp³-hybridized carbons (Fsp3) is 0.818. The molecule has 0 radical (unpaired) electrons. The molecule has 4 heteroatoms. The van der Waals surface area contributed by atoms with Crippen molar-refractivity contribution in [2.75, 3.05) is 6.54 Å². The molecule has 1 heterocycles. The smallest absolute Gasteiger partial charge is 0.146 e. The fourth-order valence-corrected chi connectivity index (χ4v) is 2.04. The average Bonchev–Trinajstić information content (AvgIpc) is 2.47. The van der Waals surface area contributed by atoms with E-state index in [2.05, 4.69) is 22.4 Å². The second-order valence-corrected chi connectivity index (χ2v) is 4.99. The number of hydrogen-bond donors (Lipinski definition) is 1. The van der Waals surface area contributed by atoms with Crippen molar-refractivity contribution in [1.29, 1.82) is 0 Å². The molecule has 1 fully saturated rings. The van der Waals surface area contributed by atoms with Gasteiger partial charge in [-0.25, -0.2) is 0 Å². The molecule has 0 saturated heterocycles. The average molecular weight is 208 g/mol. The Bertz CT molecular complexity index is 338. The van der Waals surface area contributed by atoms with E-state index in [0.717, 1.165) is 24.7 Å². The van der Waals surface area contributed by atoms with Crippen LogP contribution < -0.4 is 5.32 Å². The maximum Gasteiger partial charge on any atom is 0.146 e. The second kappa shape index (κ2) is 3.93. The van der Waals surface area contributed by atoms with E-state index < -0.39 is 0 Å². The molecule has 15 heavy (non-hydrogen) atoms. The molecule has 0 atom stereocenters. The van der Waals surface area contributed by atoms with Gasteiger partial charge in [-0.1, -0.05) is 13.3 Å². The number of aromatic nitrogens is 3. The minimum Gasteiger partial charge on any atom is -0.317 e. The van der Waals surface area contributed by atoms with E-state index >= 15 is 0 Å². The first kappa shape index (κ1) is 10.6. The summed E-state index contributed by atoms with van der Waals surface area (Å²) in [5.74, 6) is 2.00. The van der Waals surface area contributed by atoms with Crippen LogP contribution in [0.5, 0.6) is 0 Å². The number of nitrogens with zero attached hydrogens (tertiary/aromatic N) is 3. The molecule has 0 spiro atoms. The molecule has 1 saturated carbocycles. The minimum atomic E-state index is 0.535. The van der Waals surface area contributed by atoms with Gasteiger partial charge in [-0.05, 0) is 25.2 Å². The second-order valence-electron chi connectivity index (χ2n) is 4.99. The van der Waals surface area contributed by atoms with Crippen LogP contribution in [0.4, 0.5) is 0 Å². The Morgan fingerprint density at radius 3 is 2.60 bits per heavy atom. The number of aryl methyl sites for hydroxylation is 1. The molecule has 0 amide bonds. The van der Waals surface area contributed by atoms with E-state index in [-0.39, 0.29) is 0 Å². The van der Waals surface area contributed by atoms with Crippen molar-refractivity contribution in [2.45, 2.75) is 39.7 Å². The van der Waals surface area contributed by atoms with Crippen LogP contribution in [0.25, 0.3) is 0 Å². The Balaban J connectivity index is 1.81. The van der Waals surface area contributed by atoms with Crippen molar-refractivity contribution in [2.24, 2.45) is 12.5 Å². The highest BCUT2D eigenvalue weighted by Gasteiger charge is 2.30. The molecule has 0 aliphatic heterocycles. The van der Waals surface area contributed by atoms with E-state index in [4.69, 9.17) is 0 Å². The fourth-order valence-electron chi connectivity index (χ4n) is 2.04. The molecular weight excluding hydrogens is 188 g/mol. The number of hydrogen-bond acceptors (Lipinski definition) is 3. The van der Waals surface area contributed by atoms with Gasteiger partial charge in [0.05, 0.1) is 6.54 Å². The van der Waals surface area contributed by atoms with Gasteiger partial charge < -0.3 is 9.88 Å². The highest BCUT2D eigenvalue weighted by Crippen LogP contribution is 2.39. The summed E-state index contributed by atoms with van der Waals surface area (Å²) in [6.45, 7) is 6.25. The van der Waals surface area contributed by atoms with Crippen LogP contribution in [0.15, 0.2) is 0 Å². The van der Waals surface area contributed by atoms with Crippen LogP contribution in [-0.2, 0) is 13.6 Å². The van der Waals surface area contributed by atoms with E-state index in [9.17, 15) is 0 Å². The van der Waals surface area contributed by atoms with Crippen LogP contribution >= 0.6 is 0 Å². The van der Waals surface area contributed by atoms with E-state index in [0.29, 0.717) is 5.41 Å². The van der Waals surface area contributed by atoms with Crippen LogP contribution in [0.3, 0.4) is 0 Å². The standard InChI is InChI=1S/C11H20N4/c1-9-13-14-10(15(9)3)7-12-8-11(2)5-4-6-11/h12H,4-8H2,1-3H3. The Hall–Kier alpha value is -0.900. The predicted octanol–water partition coefficient (Wildman–Crippen LogP) is 1.40. The van der Waals surface area contributed by atoms with Crippen LogP contribution in [0.1, 0.15) is 37.8 Å². The van der Waals surface area contributed by atoms with Gasteiger partial charge in [0.25, 0.3) is 0 Å². The van der Waals surface area contributed by atoms with Crippen molar-refractivity contribution < 1.29 is 0 Å². The summed E-state index contributed by atoms with van der Waals surface area (Å²) in [7, 11) is 2.01. The molecule has 84 valence electrons.